The SMILES string of the molecule is COCCCNc1nc(C)cc(NCCc2c[nH]c3ccccc23)n1. The van der Waals surface area contributed by atoms with Crippen molar-refractivity contribution in [1.29, 1.82) is 0 Å². The number of nitrogens with one attached hydrogen (secondary N) is 3. The lowest BCUT2D eigenvalue weighted by atomic mass is 10.1. The quantitative estimate of drug-likeness (QED) is 0.521. The normalized spacial score (nSPS) is 11.0. The number of ether oxygens (including phenoxy) is 1. The van der Waals surface area contributed by atoms with E-state index in [0.29, 0.717) is 5.95 Å². The molecule has 2 heterocycles. The number of methoxy groups -OCH3 is 1. The number of anilines is 2. The molecule has 0 unspecified atom stereocenters. The van der Waals surface area contributed by atoms with Crippen LogP contribution in [0.15, 0.2) is 36.5 Å². The molecule has 3 N–H and O–H groups in total. The molecule has 132 valence electrons. The molecule has 25 heavy (non-hydrogen) atoms. The summed E-state index contributed by atoms with van der Waals surface area (Å²) in [4.78, 5) is 12.3. The molecule has 0 aliphatic rings. The van der Waals surface area contributed by atoms with Gasteiger partial charge in [0.05, 0.1) is 0 Å². The minimum absolute atomic E-state index is 0.658. The number of aromatic amines is 1. The summed E-state index contributed by atoms with van der Waals surface area (Å²) in [5.41, 5.74) is 3.43. The van der Waals surface area contributed by atoms with Crippen LogP contribution in [0.25, 0.3) is 10.9 Å². The molecule has 0 spiro atoms. The Kier molecular flexibility index (Phi) is 5.85. The molecule has 0 bridgehead atoms. The Bertz CT molecular complexity index is 814. The summed E-state index contributed by atoms with van der Waals surface area (Å²) < 4.78 is 5.05. The Morgan fingerprint density at radius 3 is 2.88 bits per heavy atom. The number of fused-ring (bicyclic) bond motifs is 1. The van der Waals surface area contributed by atoms with E-state index in [0.717, 1.165) is 44.0 Å². The fraction of sp³-hybridized carbons (Fsp3) is 0.368. The average Bonchev–Trinajstić information content (AvgIpc) is 3.02. The van der Waals surface area contributed by atoms with E-state index in [1.807, 2.05) is 19.1 Å². The van der Waals surface area contributed by atoms with Crippen molar-refractivity contribution < 1.29 is 4.74 Å². The van der Waals surface area contributed by atoms with Gasteiger partial charge in [-0.15, -0.1) is 0 Å². The molecule has 0 radical (unpaired) electrons. The molecular formula is C19H25N5O. The molecule has 0 amide bonds. The van der Waals surface area contributed by atoms with E-state index in [2.05, 4.69) is 50.0 Å². The van der Waals surface area contributed by atoms with Gasteiger partial charge in [0, 0.05) is 55.7 Å². The monoisotopic (exact) mass is 339 g/mol. The smallest absolute Gasteiger partial charge is 0.224 e. The van der Waals surface area contributed by atoms with Crippen molar-refractivity contribution in [3.63, 3.8) is 0 Å². The van der Waals surface area contributed by atoms with E-state index >= 15 is 0 Å². The van der Waals surface area contributed by atoms with Gasteiger partial charge in [-0.25, -0.2) is 4.98 Å². The molecule has 6 heteroatoms. The average molecular weight is 339 g/mol. The maximum atomic E-state index is 5.05. The Morgan fingerprint density at radius 2 is 2.00 bits per heavy atom. The molecule has 0 atom stereocenters. The van der Waals surface area contributed by atoms with E-state index < -0.39 is 0 Å². The molecule has 0 aliphatic carbocycles. The molecule has 0 saturated heterocycles. The molecule has 3 aromatic rings. The second-order valence-corrected chi connectivity index (χ2v) is 6.03. The minimum Gasteiger partial charge on any atom is -0.385 e. The first-order chi connectivity index (χ1) is 12.3. The van der Waals surface area contributed by atoms with Gasteiger partial charge >= 0.3 is 0 Å². The minimum atomic E-state index is 0.658. The standard InChI is InChI=1S/C19H25N5O/c1-14-12-18(24-19(23-14)21-9-5-11-25-2)20-10-8-15-13-22-17-7-4-3-6-16(15)17/h3-4,6-7,12-13,22H,5,8-11H2,1-2H3,(H2,20,21,23,24). The zero-order valence-corrected chi connectivity index (χ0v) is 14.8. The molecule has 0 fully saturated rings. The van der Waals surface area contributed by atoms with Gasteiger partial charge in [-0.2, -0.15) is 4.98 Å². The highest BCUT2D eigenvalue weighted by Gasteiger charge is 2.04. The van der Waals surface area contributed by atoms with Gasteiger partial charge in [-0.3, -0.25) is 0 Å². The number of aromatic nitrogens is 3. The highest BCUT2D eigenvalue weighted by molar-refractivity contribution is 5.83. The van der Waals surface area contributed by atoms with Gasteiger partial charge in [-0.1, -0.05) is 18.2 Å². The molecular weight excluding hydrogens is 314 g/mol. The van der Waals surface area contributed by atoms with Crippen LogP contribution >= 0.6 is 0 Å². The van der Waals surface area contributed by atoms with Crippen molar-refractivity contribution in [1.82, 2.24) is 15.0 Å². The summed E-state index contributed by atoms with van der Waals surface area (Å²) in [5.74, 6) is 1.51. The van der Waals surface area contributed by atoms with E-state index in [9.17, 15) is 0 Å². The molecule has 0 aliphatic heterocycles. The predicted molar refractivity (Wildman–Crippen MR) is 102 cm³/mol. The first kappa shape index (κ1) is 17.2. The van der Waals surface area contributed by atoms with Crippen LogP contribution in [0.3, 0.4) is 0 Å². The van der Waals surface area contributed by atoms with Crippen molar-refractivity contribution in [2.75, 3.05) is 37.4 Å². The fourth-order valence-corrected chi connectivity index (χ4v) is 2.82. The topological polar surface area (TPSA) is 74.9 Å². The highest BCUT2D eigenvalue weighted by Crippen LogP contribution is 2.18. The van der Waals surface area contributed by atoms with Crippen molar-refractivity contribution in [3.05, 3.63) is 47.8 Å². The zero-order chi connectivity index (χ0) is 17.5. The summed E-state index contributed by atoms with van der Waals surface area (Å²) in [6.07, 6.45) is 3.95. The van der Waals surface area contributed by atoms with Gasteiger partial charge in [0.15, 0.2) is 0 Å². The zero-order valence-electron chi connectivity index (χ0n) is 14.8. The largest absolute Gasteiger partial charge is 0.385 e. The Balaban J connectivity index is 1.56. The second kappa shape index (κ2) is 8.48. The first-order valence-corrected chi connectivity index (χ1v) is 8.63. The van der Waals surface area contributed by atoms with Gasteiger partial charge in [-0.05, 0) is 31.4 Å². The summed E-state index contributed by atoms with van der Waals surface area (Å²) in [5, 5.41) is 7.92. The molecule has 6 nitrogen and oxygen atoms in total. The Labute approximate surface area is 148 Å². The van der Waals surface area contributed by atoms with E-state index in [1.54, 1.807) is 7.11 Å². The number of rotatable bonds is 9. The van der Waals surface area contributed by atoms with Crippen LogP contribution in [0.1, 0.15) is 17.7 Å². The summed E-state index contributed by atoms with van der Waals surface area (Å²) in [6.45, 7) is 4.33. The summed E-state index contributed by atoms with van der Waals surface area (Å²) >= 11 is 0. The highest BCUT2D eigenvalue weighted by atomic mass is 16.5. The number of benzene rings is 1. The molecule has 2 aromatic heterocycles. The Morgan fingerprint density at radius 1 is 1.12 bits per heavy atom. The van der Waals surface area contributed by atoms with Crippen LogP contribution < -0.4 is 10.6 Å². The van der Waals surface area contributed by atoms with Crippen LogP contribution in [0.2, 0.25) is 0 Å². The summed E-state index contributed by atoms with van der Waals surface area (Å²) in [6, 6.07) is 10.3. The summed E-state index contributed by atoms with van der Waals surface area (Å²) in [7, 11) is 1.71. The van der Waals surface area contributed by atoms with Gasteiger partial charge < -0.3 is 20.4 Å². The molecule has 0 saturated carbocycles. The number of para-hydroxylation sites is 1. The molecule has 1 aromatic carbocycles. The van der Waals surface area contributed by atoms with Gasteiger partial charge in [0.25, 0.3) is 0 Å². The van der Waals surface area contributed by atoms with E-state index in [1.165, 1.54) is 16.5 Å². The van der Waals surface area contributed by atoms with Crippen molar-refractivity contribution in [3.8, 4) is 0 Å². The van der Waals surface area contributed by atoms with Crippen molar-refractivity contribution >= 4 is 22.7 Å². The lowest BCUT2D eigenvalue weighted by Gasteiger charge is -2.10. The maximum absolute atomic E-state index is 5.05. The van der Waals surface area contributed by atoms with Gasteiger partial charge in [0.2, 0.25) is 5.95 Å². The van der Waals surface area contributed by atoms with E-state index in [4.69, 9.17) is 4.74 Å². The number of nitrogens with zero attached hydrogens (tertiary/aromatic N) is 2. The van der Waals surface area contributed by atoms with Crippen LogP contribution in [0, 0.1) is 6.92 Å². The molecule has 3 rings (SSSR count). The third-order valence-electron chi connectivity index (χ3n) is 4.04. The number of hydrogen-bond donors (Lipinski definition) is 3. The number of hydrogen-bond acceptors (Lipinski definition) is 5. The number of H-pyrrole nitrogens is 1. The van der Waals surface area contributed by atoms with Crippen LogP contribution in [0.5, 0.6) is 0 Å². The first-order valence-electron chi connectivity index (χ1n) is 8.63. The number of aryl methyl sites for hydroxylation is 1. The predicted octanol–water partition coefficient (Wildman–Crippen LogP) is 3.37. The van der Waals surface area contributed by atoms with Crippen molar-refractivity contribution in [2.45, 2.75) is 19.8 Å². The third kappa shape index (κ3) is 4.70. The Hall–Kier alpha value is -2.60. The maximum Gasteiger partial charge on any atom is 0.224 e. The third-order valence-corrected chi connectivity index (χ3v) is 4.04. The fourth-order valence-electron chi connectivity index (χ4n) is 2.82. The van der Waals surface area contributed by atoms with Crippen LogP contribution in [0.4, 0.5) is 11.8 Å². The van der Waals surface area contributed by atoms with Gasteiger partial charge in [0.1, 0.15) is 5.82 Å². The van der Waals surface area contributed by atoms with E-state index in [-0.39, 0.29) is 0 Å². The van der Waals surface area contributed by atoms with Crippen LogP contribution in [-0.2, 0) is 11.2 Å². The van der Waals surface area contributed by atoms with Crippen molar-refractivity contribution in [2.24, 2.45) is 0 Å². The second-order valence-electron chi connectivity index (χ2n) is 6.03. The van der Waals surface area contributed by atoms with Crippen LogP contribution in [-0.4, -0.2) is 41.8 Å². The lowest BCUT2D eigenvalue weighted by molar-refractivity contribution is 0.197. The lowest BCUT2D eigenvalue weighted by Crippen LogP contribution is -2.11.